The Balaban J connectivity index is 1.91. The molecule has 3 aromatic rings. The predicted molar refractivity (Wildman–Crippen MR) is 118 cm³/mol. The standard InChI is InChI=1S/C23H23FN4O3/c1-14(6-7-15(2)25-4)23-19(16(3)31-27-23)13-28-22(29)11-18(12-26-28)17-8-9-21(30-5)20(24)10-17/h6-12H,4,13H2,1-3,5H3/b14-6+,15-7-. The van der Waals surface area contributed by atoms with Crippen LogP contribution in [0.1, 0.15) is 30.9 Å². The molecule has 0 atom stereocenters. The molecule has 0 spiro atoms. The van der Waals surface area contributed by atoms with E-state index in [2.05, 4.69) is 22.0 Å². The van der Waals surface area contributed by atoms with Crippen molar-refractivity contribution in [2.24, 2.45) is 4.99 Å². The number of rotatable bonds is 7. The first-order chi connectivity index (χ1) is 14.8. The van der Waals surface area contributed by atoms with Crippen molar-refractivity contribution in [2.45, 2.75) is 27.3 Å². The van der Waals surface area contributed by atoms with Crippen molar-refractivity contribution in [3.63, 3.8) is 0 Å². The Bertz CT molecular complexity index is 1240. The van der Waals surface area contributed by atoms with Crippen LogP contribution in [-0.2, 0) is 6.54 Å². The van der Waals surface area contributed by atoms with Crippen molar-refractivity contribution in [1.29, 1.82) is 0 Å². The van der Waals surface area contributed by atoms with Gasteiger partial charge in [0.15, 0.2) is 11.6 Å². The van der Waals surface area contributed by atoms with Crippen molar-refractivity contribution in [3.05, 3.63) is 81.5 Å². The topological polar surface area (TPSA) is 82.5 Å². The lowest BCUT2D eigenvalue weighted by molar-refractivity contribution is 0.386. The van der Waals surface area contributed by atoms with Gasteiger partial charge in [0, 0.05) is 22.9 Å². The summed E-state index contributed by atoms with van der Waals surface area (Å²) in [5.41, 5.74) is 3.74. The SMILES string of the molecule is C=N/C(C)=C\C=C(/C)c1noc(C)c1Cn1ncc(-c2ccc(OC)c(F)c2)cc1=O. The van der Waals surface area contributed by atoms with Gasteiger partial charge in [-0.05, 0) is 56.8 Å². The number of halogens is 1. The molecule has 2 aromatic heterocycles. The minimum atomic E-state index is -0.507. The third kappa shape index (κ3) is 4.85. The second-order valence-corrected chi connectivity index (χ2v) is 6.97. The number of ether oxygens (including phenoxy) is 1. The fraction of sp³-hybridized carbons (Fsp3) is 0.217. The Hall–Kier alpha value is -3.81. The van der Waals surface area contributed by atoms with E-state index < -0.39 is 5.82 Å². The fourth-order valence-electron chi connectivity index (χ4n) is 2.97. The molecule has 3 rings (SSSR count). The first-order valence-corrected chi connectivity index (χ1v) is 9.52. The van der Waals surface area contributed by atoms with E-state index in [-0.39, 0.29) is 17.9 Å². The molecule has 0 unspecified atom stereocenters. The maximum atomic E-state index is 14.0. The number of hydrogen-bond donors (Lipinski definition) is 0. The van der Waals surface area contributed by atoms with E-state index in [1.54, 1.807) is 13.0 Å². The van der Waals surface area contributed by atoms with Gasteiger partial charge in [-0.15, -0.1) is 0 Å². The van der Waals surface area contributed by atoms with Crippen LogP contribution in [0.3, 0.4) is 0 Å². The summed E-state index contributed by atoms with van der Waals surface area (Å²) in [5.74, 6) is 0.227. The Kier molecular flexibility index (Phi) is 6.59. The minimum Gasteiger partial charge on any atom is -0.494 e. The second-order valence-electron chi connectivity index (χ2n) is 6.97. The first-order valence-electron chi connectivity index (χ1n) is 9.52. The summed E-state index contributed by atoms with van der Waals surface area (Å²) >= 11 is 0. The maximum absolute atomic E-state index is 14.0. The molecular formula is C23H23FN4O3. The van der Waals surface area contributed by atoms with Gasteiger partial charge in [0.05, 0.1) is 19.9 Å². The smallest absolute Gasteiger partial charge is 0.267 e. The summed E-state index contributed by atoms with van der Waals surface area (Å²) in [6, 6.07) is 5.91. The molecule has 0 aliphatic rings. The summed E-state index contributed by atoms with van der Waals surface area (Å²) < 4.78 is 25.6. The fourth-order valence-corrected chi connectivity index (χ4v) is 2.97. The Morgan fingerprint density at radius 2 is 2.06 bits per heavy atom. The van der Waals surface area contributed by atoms with E-state index >= 15 is 0 Å². The van der Waals surface area contributed by atoms with Crippen LogP contribution in [0.5, 0.6) is 5.75 Å². The van der Waals surface area contributed by atoms with Crippen molar-refractivity contribution in [1.82, 2.24) is 14.9 Å². The van der Waals surface area contributed by atoms with Crippen LogP contribution in [0.2, 0.25) is 0 Å². The molecular weight excluding hydrogens is 399 g/mol. The van der Waals surface area contributed by atoms with Gasteiger partial charge in [0.25, 0.3) is 5.56 Å². The quantitative estimate of drug-likeness (QED) is 0.416. The van der Waals surface area contributed by atoms with E-state index in [1.807, 2.05) is 26.0 Å². The van der Waals surface area contributed by atoms with Gasteiger partial charge in [0.1, 0.15) is 11.5 Å². The largest absolute Gasteiger partial charge is 0.494 e. The van der Waals surface area contributed by atoms with Crippen molar-refractivity contribution >= 4 is 12.3 Å². The van der Waals surface area contributed by atoms with Crippen molar-refractivity contribution in [2.75, 3.05) is 7.11 Å². The lowest BCUT2D eigenvalue weighted by atomic mass is 10.1. The van der Waals surface area contributed by atoms with Gasteiger partial charge in [-0.1, -0.05) is 17.3 Å². The zero-order valence-electron chi connectivity index (χ0n) is 17.8. The number of aliphatic imine (C=N–C) groups is 1. The number of methoxy groups -OCH3 is 1. The number of allylic oxidation sites excluding steroid dienone is 4. The van der Waals surface area contributed by atoms with Gasteiger partial charge in [0.2, 0.25) is 0 Å². The van der Waals surface area contributed by atoms with Crippen LogP contribution in [0.4, 0.5) is 4.39 Å². The molecule has 0 aliphatic carbocycles. The highest BCUT2D eigenvalue weighted by molar-refractivity contribution is 5.65. The number of aromatic nitrogens is 3. The van der Waals surface area contributed by atoms with Crippen LogP contribution in [-0.4, -0.2) is 28.8 Å². The summed E-state index contributed by atoms with van der Waals surface area (Å²) in [6.07, 6.45) is 5.21. The van der Waals surface area contributed by atoms with E-state index in [1.165, 1.54) is 36.2 Å². The summed E-state index contributed by atoms with van der Waals surface area (Å²) in [6.45, 7) is 9.19. The average molecular weight is 422 g/mol. The van der Waals surface area contributed by atoms with Crippen LogP contribution in [0, 0.1) is 12.7 Å². The predicted octanol–water partition coefficient (Wildman–Crippen LogP) is 4.41. The van der Waals surface area contributed by atoms with Gasteiger partial charge in [-0.3, -0.25) is 9.79 Å². The van der Waals surface area contributed by atoms with E-state index in [0.29, 0.717) is 22.6 Å². The lowest BCUT2D eigenvalue weighted by Crippen LogP contribution is -2.23. The number of benzene rings is 1. The van der Waals surface area contributed by atoms with Crippen LogP contribution in [0.25, 0.3) is 16.7 Å². The Morgan fingerprint density at radius 3 is 2.71 bits per heavy atom. The summed E-state index contributed by atoms with van der Waals surface area (Å²) in [5, 5.41) is 8.38. The lowest BCUT2D eigenvalue weighted by Gasteiger charge is -2.08. The highest BCUT2D eigenvalue weighted by Crippen LogP contribution is 2.25. The summed E-state index contributed by atoms with van der Waals surface area (Å²) in [7, 11) is 1.40. The third-order valence-corrected chi connectivity index (χ3v) is 4.84. The molecule has 0 fully saturated rings. The first kappa shape index (κ1) is 21.9. The van der Waals surface area contributed by atoms with Crippen LogP contribution >= 0.6 is 0 Å². The van der Waals surface area contributed by atoms with Crippen LogP contribution < -0.4 is 10.3 Å². The molecule has 0 radical (unpaired) electrons. The van der Waals surface area contributed by atoms with Gasteiger partial charge >= 0.3 is 0 Å². The van der Waals surface area contributed by atoms with Crippen molar-refractivity contribution in [3.8, 4) is 16.9 Å². The number of nitrogens with zero attached hydrogens (tertiary/aromatic N) is 4. The monoisotopic (exact) mass is 422 g/mol. The Morgan fingerprint density at radius 1 is 1.29 bits per heavy atom. The molecule has 8 heteroatoms. The third-order valence-electron chi connectivity index (χ3n) is 4.84. The van der Waals surface area contributed by atoms with E-state index in [4.69, 9.17) is 9.26 Å². The molecule has 0 saturated heterocycles. The maximum Gasteiger partial charge on any atom is 0.267 e. The molecule has 0 N–H and O–H groups in total. The molecule has 1 aromatic carbocycles. The zero-order valence-corrected chi connectivity index (χ0v) is 17.8. The average Bonchev–Trinajstić information content (AvgIpc) is 3.13. The Labute approximate surface area is 179 Å². The molecule has 160 valence electrons. The van der Waals surface area contributed by atoms with Gasteiger partial charge in [-0.2, -0.15) is 5.10 Å². The molecule has 0 aliphatic heterocycles. The van der Waals surface area contributed by atoms with Crippen LogP contribution in [0.15, 0.2) is 62.6 Å². The molecule has 0 bridgehead atoms. The van der Waals surface area contributed by atoms with E-state index in [0.717, 1.165) is 16.8 Å². The highest BCUT2D eigenvalue weighted by Gasteiger charge is 2.16. The summed E-state index contributed by atoms with van der Waals surface area (Å²) in [4.78, 5) is 16.5. The minimum absolute atomic E-state index is 0.137. The molecule has 2 heterocycles. The molecule has 31 heavy (non-hydrogen) atoms. The normalized spacial score (nSPS) is 12.2. The number of hydrogen-bond acceptors (Lipinski definition) is 6. The molecule has 0 saturated carbocycles. The van der Waals surface area contributed by atoms with Crippen molar-refractivity contribution < 1.29 is 13.7 Å². The van der Waals surface area contributed by atoms with E-state index in [9.17, 15) is 9.18 Å². The molecule has 7 nitrogen and oxygen atoms in total. The number of aryl methyl sites for hydroxylation is 1. The molecule has 0 amide bonds. The second kappa shape index (κ2) is 9.34. The van der Waals surface area contributed by atoms with Gasteiger partial charge < -0.3 is 9.26 Å². The highest BCUT2D eigenvalue weighted by atomic mass is 19.1. The zero-order chi connectivity index (χ0) is 22.5. The van der Waals surface area contributed by atoms with Gasteiger partial charge in [-0.25, -0.2) is 9.07 Å².